The van der Waals surface area contributed by atoms with Crippen molar-refractivity contribution in [1.29, 1.82) is 0 Å². The van der Waals surface area contributed by atoms with Crippen LogP contribution in [0.15, 0.2) is 24.3 Å². The van der Waals surface area contributed by atoms with Gasteiger partial charge < -0.3 is 16.0 Å². The van der Waals surface area contributed by atoms with Crippen molar-refractivity contribution < 1.29 is 14.0 Å². The van der Waals surface area contributed by atoms with E-state index in [1.165, 1.54) is 17.0 Å². The Labute approximate surface area is 124 Å². The van der Waals surface area contributed by atoms with Gasteiger partial charge in [-0.1, -0.05) is 12.1 Å². The van der Waals surface area contributed by atoms with E-state index in [0.29, 0.717) is 25.9 Å². The highest BCUT2D eigenvalue weighted by atomic mass is 19.1. The van der Waals surface area contributed by atoms with Gasteiger partial charge in [-0.2, -0.15) is 0 Å². The van der Waals surface area contributed by atoms with Crippen molar-refractivity contribution in [2.45, 2.75) is 25.7 Å². The summed E-state index contributed by atoms with van der Waals surface area (Å²) in [6.07, 6.45) is 2.56. The fourth-order valence-corrected chi connectivity index (χ4v) is 1.81. The predicted octanol–water partition coefficient (Wildman–Crippen LogP) is 1.67. The lowest BCUT2D eigenvalue weighted by Crippen LogP contribution is -2.33. The first-order valence-electron chi connectivity index (χ1n) is 7.00. The summed E-state index contributed by atoms with van der Waals surface area (Å²) in [5.41, 5.74) is 6.04. The molecule has 0 fully saturated rings. The number of unbranched alkanes of at least 4 members (excludes halogenated alkanes) is 1. The van der Waals surface area contributed by atoms with Crippen LogP contribution in [0.5, 0.6) is 0 Å². The number of carbonyl (C=O) groups is 2. The van der Waals surface area contributed by atoms with Crippen molar-refractivity contribution in [2.24, 2.45) is 5.73 Å². The highest BCUT2D eigenvalue weighted by Crippen LogP contribution is 2.05. The third-order valence-electron chi connectivity index (χ3n) is 3.17. The van der Waals surface area contributed by atoms with Crippen LogP contribution in [0.2, 0.25) is 0 Å². The minimum Gasteiger partial charge on any atom is -0.356 e. The number of nitrogens with zero attached hydrogens (tertiary/aromatic N) is 1. The lowest BCUT2D eigenvalue weighted by Gasteiger charge is -2.13. The van der Waals surface area contributed by atoms with E-state index in [2.05, 4.69) is 5.32 Å². The van der Waals surface area contributed by atoms with E-state index in [1.54, 1.807) is 19.2 Å². The number of halogens is 1. The second-order valence-electron chi connectivity index (χ2n) is 4.94. The topological polar surface area (TPSA) is 75.4 Å². The first kappa shape index (κ1) is 16.9. The van der Waals surface area contributed by atoms with Crippen LogP contribution in [0.25, 0.3) is 0 Å². The molecular weight excluding hydrogens is 273 g/mol. The number of rotatable bonds is 8. The van der Waals surface area contributed by atoms with Gasteiger partial charge in [-0.3, -0.25) is 4.79 Å². The van der Waals surface area contributed by atoms with E-state index in [-0.39, 0.29) is 11.7 Å². The summed E-state index contributed by atoms with van der Waals surface area (Å²) < 4.78 is 12.7. The van der Waals surface area contributed by atoms with Crippen LogP contribution in [-0.4, -0.2) is 37.0 Å². The number of hydrogen-bond donors (Lipinski definition) is 2. The molecule has 3 amide bonds. The minimum absolute atomic E-state index is 0.0254. The molecule has 21 heavy (non-hydrogen) atoms. The van der Waals surface area contributed by atoms with Gasteiger partial charge in [0.05, 0.1) is 0 Å². The summed E-state index contributed by atoms with van der Waals surface area (Å²) in [6, 6.07) is 5.70. The quantitative estimate of drug-likeness (QED) is 0.716. The van der Waals surface area contributed by atoms with E-state index in [0.717, 1.165) is 18.4 Å². The molecule has 0 saturated carbocycles. The minimum atomic E-state index is -0.446. The molecule has 6 heteroatoms. The van der Waals surface area contributed by atoms with Crippen molar-refractivity contribution >= 4 is 11.9 Å². The fraction of sp³-hybridized carbons (Fsp3) is 0.467. The molecular formula is C15H22FN3O2. The molecule has 0 aliphatic rings. The molecule has 3 N–H and O–H groups in total. The van der Waals surface area contributed by atoms with Gasteiger partial charge in [-0.15, -0.1) is 0 Å². The van der Waals surface area contributed by atoms with Crippen LogP contribution < -0.4 is 11.1 Å². The molecule has 1 rings (SSSR count). The average molecular weight is 295 g/mol. The number of carbonyl (C=O) groups excluding carboxylic acids is 2. The molecule has 0 unspecified atom stereocenters. The number of benzene rings is 1. The first-order valence-corrected chi connectivity index (χ1v) is 7.00. The van der Waals surface area contributed by atoms with Crippen molar-refractivity contribution in [1.82, 2.24) is 10.2 Å². The third-order valence-corrected chi connectivity index (χ3v) is 3.17. The highest BCUT2D eigenvalue weighted by Gasteiger charge is 2.04. The Hall–Kier alpha value is -2.11. The van der Waals surface area contributed by atoms with Gasteiger partial charge >= 0.3 is 6.03 Å². The van der Waals surface area contributed by atoms with Crippen LogP contribution in [0.4, 0.5) is 9.18 Å². The van der Waals surface area contributed by atoms with Gasteiger partial charge in [0, 0.05) is 26.6 Å². The first-order chi connectivity index (χ1) is 9.99. The summed E-state index contributed by atoms with van der Waals surface area (Å²) in [5, 5.41) is 2.82. The maximum Gasteiger partial charge on any atom is 0.314 e. The standard InChI is InChI=1S/C15H22FN3O2/c1-19(15(17)21)11-3-2-10-18-14(20)9-6-12-4-7-13(16)8-5-12/h4-5,7-8H,2-3,6,9-11H2,1H3,(H2,17,21)(H,18,20). The Bertz CT molecular complexity index is 462. The number of nitrogens with one attached hydrogen (secondary N) is 1. The maximum atomic E-state index is 12.7. The Kier molecular flexibility index (Phi) is 7.21. The second kappa shape index (κ2) is 8.94. The van der Waals surface area contributed by atoms with Gasteiger partial charge in [0.1, 0.15) is 5.82 Å². The zero-order chi connectivity index (χ0) is 15.7. The summed E-state index contributed by atoms with van der Waals surface area (Å²) in [5.74, 6) is -0.299. The number of hydrogen-bond acceptors (Lipinski definition) is 2. The van der Waals surface area contributed by atoms with Gasteiger partial charge in [-0.05, 0) is 37.0 Å². The predicted molar refractivity (Wildman–Crippen MR) is 79.2 cm³/mol. The summed E-state index contributed by atoms with van der Waals surface area (Å²) in [7, 11) is 1.64. The normalized spacial score (nSPS) is 10.2. The monoisotopic (exact) mass is 295 g/mol. The van der Waals surface area contributed by atoms with Gasteiger partial charge in [-0.25, -0.2) is 9.18 Å². The molecule has 0 aromatic heterocycles. The van der Waals surface area contributed by atoms with Gasteiger partial charge in [0.2, 0.25) is 5.91 Å². The third kappa shape index (κ3) is 7.29. The zero-order valence-corrected chi connectivity index (χ0v) is 12.3. The number of urea groups is 1. The molecule has 0 radical (unpaired) electrons. The highest BCUT2D eigenvalue weighted by molar-refractivity contribution is 5.76. The van der Waals surface area contributed by atoms with E-state index >= 15 is 0 Å². The number of aryl methyl sites for hydroxylation is 1. The zero-order valence-electron chi connectivity index (χ0n) is 12.3. The van der Waals surface area contributed by atoms with Crippen LogP contribution in [0.3, 0.4) is 0 Å². The Morgan fingerprint density at radius 3 is 2.52 bits per heavy atom. The molecule has 0 atom stereocenters. The Morgan fingerprint density at radius 2 is 1.90 bits per heavy atom. The smallest absolute Gasteiger partial charge is 0.314 e. The molecule has 0 aliphatic carbocycles. The number of nitrogens with two attached hydrogens (primary N) is 1. The van der Waals surface area contributed by atoms with Gasteiger partial charge in [0.15, 0.2) is 0 Å². The summed E-state index contributed by atoms with van der Waals surface area (Å²) in [4.78, 5) is 23.8. The summed E-state index contributed by atoms with van der Waals surface area (Å²) >= 11 is 0. The van der Waals surface area contributed by atoms with Crippen molar-refractivity contribution in [3.05, 3.63) is 35.6 Å². The lowest BCUT2D eigenvalue weighted by atomic mass is 10.1. The molecule has 0 saturated heterocycles. The van der Waals surface area contributed by atoms with E-state index < -0.39 is 6.03 Å². The SMILES string of the molecule is CN(CCCCNC(=O)CCc1ccc(F)cc1)C(N)=O. The Morgan fingerprint density at radius 1 is 1.24 bits per heavy atom. The molecule has 0 aliphatic heterocycles. The van der Waals surface area contributed by atoms with Crippen LogP contribution >= 0.6 is 0 Å². The molecule has 0 heterocycles. The van der Waals surface area contributed by atoms with E-state index in [4.69, 9.17) is 5.73 Å². The average Bonchev–Trinajstić information content (AvgIpc) is 2.46. The molecule has 0 spiro atoms. The molecule has 0 bridgehead atoms. The molecule has 1 aromatic carbocycles. The molecule has 5 nitrogen and oxygen atoms in total. The fourth-order valence-electron chi connectivity index (χ4n) is 1.81. The number of primary amides is 1. The summed E-state index contributed by atoms with van der Waals surface area (Å²) in [6.45, 7) is 1.16. The molecule has 1 aromatic rings. The number of amides is 3. The second-order valence-corrected chi connectivity index (χ2v) is 4.94. The maximum absolute atomic E-state index is 12.7. The molecule has 116 valence electrons. The van der Waals surface area contributed by atoms with E-state index in [1.807, 2.05) is 0 Å². The van der Waals surface area contributed by atoms with Crippen LogP contribution in [0.1, 0.15) is 24.8 Å². The van der Waals surface area contributed by atoms with Crippen molar-refractivity contribution in [3.8, 4) is 0 Å². The Balaban J connectivity index is 2.09. The van der Waals surface area contributed by atoms with Crippen LogP contribution in [0, 0.1) is 5.82 Å². The van der Waals surface area contributed by atoms with Gasteiger partial charge in [0.25, 0.3) is 0 Å². The largest absolute Gasteiger partial charge is 0.356 e. The van der Waals surface area contributed by atoms with Crippen molar-refractivity contribution in [3.63, 3.8) is 0 Å². The van der Waals surface area contributed by atoms with Crippen LogP contribution in [-0.2, 0) is 11.2 Å². The van der Waals surface area contributed by atoms with E-state index in [9.17, 15) is 14.0 Å². The van der Waals surface area contributed by atoms with Crippen molar-refractivity contribution in [2.75, 3.05) is 20.1 Å². The lowest BCUT2D eigenvalue weighted by molar-refractivity contribution is -0.121.